The second-order valence-corrected chi connectivity index (χ2v) is 7.00. The third-order valence-corrected chi connectivity index (χ3v) is 4.61. The Labute approximate surface area is 108 Å². The topological polar surface area (TPSA) is 68.1 Å². The van der Waals surface area contributed by atoms with Crippen molar-refractivity contribution in [2.24, 2.45) is 5.92 Å². The van der Waals surface area contributed by atoms with Crippen LogP contribution in [0.3, 0.4) is 0 Å². The van der Waals surface area contributed by atoms with Crippen LogP contribution in [0, 0.1) is 19.8 Å². The number of hydrogen-bond acceptors (Lipinski definition) is 4. The van der Waals surface area contributed by atoms with E-state index in [1.54, 1.807) is 4.31 Å². The van der Waals surface area contributed by atoms with Gasteiger partial charge in [-0.1, -0.05) is 0 Å². The van der Waals surface area contributed by atoms with Crippen LogP contribution in [0.15, 0.2) is 0 Å². The maximum absolute atomic E-state index is 11.5. The fourth-order valence-corrected chi connectivity index (χ4v) is 3.40. The smallest absolute Gasteiger partial charge is 0.211 e. The van der Waals surface area contributed by atoms with E-state index in [1.165, 1.54) is 6.26 Å². The summed E-state index contributed by atoms with van der Waals surface area (Å²) in [6.45, 7) is 5.78. The van der Waals surface area contributed by atoms with Gasteiger partial charge < -0.3 is 0 Å². The summed E-state index contributed by atoms with van der Waals surface area (Å²) < 4.78 is 26.5. The van der Waals surface area contributed by atoms with E-state index in [1.807, 2.05) is 18.5 Å². The van der Waals surface area contributed by atoms with Gasteiger partial charge >= 0.3 is 0 Å². The van der Waals surface area contributed by atoms with Gasteiger partial charge in [-0.2, -0.15) is 5.10 Å². The molecule has 1 aliphatic heterocycles. The minimum Gasteiger partial charge on any atom is -0.250 e. The van der Waals surface area contributed by atoms with Crippen molar-refractivity contribution in [3.8, 4) is 0 Å². The Balaban J connectivity index is 2.04. The molecule has 18 heavy (non-hydrogen) atoms. The molecule has 0 aliphatic carbocycles. The van der Waals surface area contributed by atoms with E-state index in [2.05, 4.69) is 10.1 Å². The van der Waals surface area contributed by atoms with Gasteiger partial charge in [-0.15, -0.1) is 0 Å². The molecule has 1 atom stereocenters. The van der Waals surface area contributed by atoms with E-state index in [-0.39, 0.29) is 0 Å². The first-order valence-electron chi connectivity index (χ1n) is 6.19. The predicted octanol–water partition coefficient (Wildman–Crippen LogP) is 0.567. The number of rotatable bonds is 3. The molecule has 0 aromatic carbocycles. The lowest BCUT2D eigenvalue weighted by Crippen LogP contribution is -2.40. The van der Waals surface area contributed by atoms with Crippen LogP contribution < -0.4 is 0 Å². The molecule has 102 valence electrons. The average molecular weight is 272 g/mol. The molecule has 0 spiro atoms. The number of hydrogen-bond donors (Lipinski definition) is 0. The fraction of sp³-hybridized carbons (Fsp3) is 0.818. The third kappa shape index (κ3) is 3.08. The van der Waals surface area contributed by atoms with Crippen molar-refractivity contribution in [1.82, 2.24) is 19.1 Å². The molecule has 7 heteroatoms. The molecule has 2 rings (SSSR count). The zero-order chi connectivity index (χ0) is 13.3. The van der Waals surface area contributed by atoms with E-state index in [4.69, 9.17) is 0 Å². The zero-order valence-corrected chi connectivity index (χ0v) is 11.9. The maximum Gasteiger partial charge on any atom is 0.211 e. The first kappa shape index (κ1) is 13.5. The number of aryl methyl sites for hydroxylation is 2. The summed E-state index contributed by atoms with van der Waals surface area (Å²) in [5, 5.41) is 4.33. The van der Waals surface area contributed by atoms with Crippen LogP contribution in [0.4, 0.5) is 0 Å². The lowest BCUT2D eigenvalue weighted by atomic mass is 10.00. The Morgan fingerprint density at radius 1 is 1.39 bits per heavy atom. The van der Waals surface area contributed by atoms with Crippen molar-refractivity contribution in [3.05, 3.63) is 11.6 Å². The molecule has 0 bridgehead atoms. The minimum atomic E-state index is -3.07. The number of aromatic nitrogens is 3. The van der Waals surface area contributed by atoms with Crippen LogP contribution in [0.2, 0.25) is 0 Å². The van der Waals surface area contributed by atoms with Gasteiger partial charge in [-0.05, 0) is 32.6 Å². The molecule has 1 fully saturated rings. The Morgan fingerprint density at radius 3 is 2.67 bits per heavy atom. The quantitative estimate of drug-likeness (QED) is 0.806. The zero-order valence-electron chi connectivity index (χ0n) is 11.1. The highest BCUT2D eigenvalue weighted by molar-refractivity contribution is 7.88. The van der Waals surface area contributed by atoms with E-state index in [9.17, 15) is 8.42 Å². The van der Waals surface area contributed by atoms with Gasteiger partial charge in [0.25, 0.3) is 0 Å². The summed E-state index contributed by atoms with van der Waals surface area (Å²) in [4.78, 5) is 4.26. The Morgan fingerprint density at radius 2 is 2.11 bits per heavy atom. The predicted molar refractivity (Wildman–Crippen MR) is 68.6 cm³/mol. The molecule has 1 aromatic rings. The molecule has 1 aromatic heterocycles. The number of piperidine rings is 1. The van der Waals surface area contributed by atoms with Crippen molar-refractivity contribution in [3.63, 3.8) is 0 Å². The maximum atomic E-state index is 11.5. The van der Waals surface area contributed by atoms with Crippen LogP contribution in [0.1, 0.15) is 24.5 Å². The van der Waals surface area contributed by atoms with Gasteiger partial charge in [0.1, 0.15) is 11.6 Å². The molecule has 0 saturated carbocycles. The van der Waals surface area contributed by atoms with Gasteiger partial charge in [0.05, 0.1) is 6.26 Å². The first-order valence-corrected chi connectivity index (χ1v) is 8.04. The molecule has 1 aliphatic rings. The third-order valence-electron chi connectivity index (χ3n) is 3.34. The van der Waals surface area contributed by atoms with Crippen molar-refractivity contribution >= 4 is 10.0 Å². The highest BCUT2D eigenvalue weighted by Crippen LogP contribution is 2.20. The molecule has 0 amide bonds. The molecular weight excluding hydrogens is 252 g/mol. The summed E-state index contributed by atoms with van der Waals surface area (Å²) >= 11 is 0. The highest BCUT2D eigenvalue weighted by Gasteiger charge is 2.26. The highest BCUT2D eigenvalue weighted by atomic mass is 32.2. The van der Waals surface area contributed by atoms with Gasteiger partial charge in [0, 0.05) is 19.6 Å². The Hall–Kier alpha value is -0.950. The normalized spacial score (nSPS) is 22.3. The summed E-state index contributed by atoms with van der Waals surface area (Å²) in [6.07, 6.45) is 3.25. The fourth-order valence-electron chi connectivity index (χ4n) is 2.46. The standard InChI is InChI=1S/C11H20N4O2S/c1-9-12-10(2)15(13-9)8-11-5-4-6-14(7-11)18(3,16)17/h11H,4-8H2,1-3H3. The number of nitrogens with zero attached hydrogens (tertiary/aromatic N) is 4. The molecule has 1 unspecified atom stereocenters. The molecule has 0 N–H and O–H groups in total. The van der Waals surface area contributed by atoms with Crippen LogP contribution in [-0.2, 0) is 16.6 Å². The summed E-state index contributed by atoms with van der Waals surface area (Å²) in [7, 11) is -3.07. The summed E-state index contributed by atoms with van der Waals surface area (Å²) in [5.41, 5.74) is 0. The van der Waals surface area contributed by atoms with Crippen molar-refractivity contribution in [1.29, 1.82) is 0 Å². The van der Waals surface area contributed by atoms with Crippen LogP contribution in [0.5, 0.6) is 0 Å². The summed E-state index contributed by atoms with van der Waals surface area (Å²) in [6, 6.07) is 0. The lowest BCUT2D eigenvalue weighted by Gasteiger charge is -2.30. The average Bonchev–Trinajstić information content (AvgIpc) is 2.56. The van der Waals surface area contributed by atoms with Gasteiger partial charge in [0.2, 0.25) is 10.0 Å². The second-order valence-electron chi connectivity index (χ2n) is 5.02. The van der Waals surface area contributed by atoms with Gasteiger partial charge in [0.15, 0.2) is 0 Å². The molecule has 6 nitrogen and oxygen atoms in total. The van der Waals surface area contributed by atoms with Gasteiger partial charge in [-0.25, -0.2) is 22.4 Å². The van der Waals surface area contributed by atoms with Crippen molar-refractivity contribution in [2.75, 3.05) is 19.3 Å². The summed E-state index contributed by atoms with van der Waals surface area (Å²) in [5.74, 6) is 1.99. The monoisotopic (exact) mass is 272 g/mol. The van der Waals surface area contributed by atoms with Gasteiger partial charge in [-0.3, -0.25) is 0 Å². The van der Waals surface area contributed by atoms with E-state index < -0.39 is 10.0 Å². The SMILES string of the molecule is Cc1nc(C)n(CC2CCCN(S(C)(=O)=O)C2)n1. The van der Waals surface area contributed by atoms with Crippen LogP contribution >= 0.6 is 0 Å². The second kappa shape index (κ2) is 4.97. The van der Waals surface area contributed by atoms with Crippen LogP contribution in [-0.4, -0.2) is 46.8 Å². The van der Waals surface area contributed by atoms with Crippen LogP contribution in [0.25, 0.3) is 0 Å². The molecular formula is C11H20N4O2S. The first-order chi connectivity index (χ1) is 8.36. The molecule has 1 saturated heterocycles. The van der Waals surface area contributed by atoms with Crippen molar-refractivity contribution in [2.45, 2.75) is 33.2 Å². The molecule has 0 radical (unpaired) electrons. The Kier molecular flexibility index (Phi) is 3.72. The Bertz CT molecular complexity index is 523. The largest absolute Gasteiger partial charge is 0.250 e. The molecule has 2 heterocycles. The lowest BCUT2D eigenvalue weighted by molar-refractivity contribution is 0.239. The van der Waals surface area contributed by atoms with E-state index in [0.717, 1.165) is 31.0 Å². The minimum absolute atomic E-state index is 0.327. The van der Waals surface area contributed by atoms with Crippen molar-refractivity contribution < 1.29 is 8.42 Å². The van der Waals surface area contributed by atoms with E-state index in [0.29, 0.717) is 19.0 Å². The number of sulfonamides is 1. The van der Waals surface area contributed by atoms with E-state index >= 15 is 0 Å².